The number of likely N-dealkylation sites (N-methyl/N-ethyl adjacent to an activating group) is 2. The fraction of sp³-hybridized carbons (Fsp3) is 0.364. The van der Waals surface area contributed by atoms with E-state index in [1.54, 1.807) is 11.9 Å². The maximum absolute atomic E-state index is 11.8. The summed E-state index contributed by atoms with van der Waals surface area (Å²) in [4.78, 5) is 15.5. The van der Waals surface area contributed by atoms with Crippen molar-refractivity contribution in [3.8, 4) is 0 Å². The zero-order valence-corrected chi connectivity index (χ0v) is 10.2. The highest BCUT2D eigenvalue weighted by atomic mass is 35.5. The first kappa shape index (κ1) is 12.8. The van der Waals surface area contributed by atoms with Crippen molar-refractivity contribution < 1.29 is 4.79 Å². The molecule has 4 nitrogen and oxygen atoms in total. The average Bonchev–Trinajstić information content (AvgIpc) is 2.33. The Morgan fingerprint density at radius 3 is 2.44 bits per heavy atom. The molecule has 0 unspecified atom stereocenters. The molecule has 0 saturated heterocycles. The van der Waals surface area contributed by atoms with Gasteiger partial charge in [0, 0.05) is 20.6 Å². The number of carbonyl (C=O) groups excluding carboxylic acids is 1. The zero-order valence-electron chi connectivity index (χ0n) is 9.38. The summed E-state index contributed by atoms with van der Waals surface area (Å²) in [6.45, 7) is 0.556. The van der Waals surface area contributed by atoms with Crippen molar-refractivity contribution in [1.29, 1.82) is 0 Å². The Balaban J connectivity index is 0.00000128. The number of fused-ring (bicyclic) bond motifs is 1. The molecule has 1 atom stereocenters. The van der Waals surface area contributed by atoms with Crippen molar-refractivity contribution >= 4 is 29.7 Å². The van der Waals surface area contributed by atoms with Crippen LogP contribution in [0.5, 0.6) is 0 Å². The van der Waals surface area contributed by atoms with Crippen molar-refractivity contribution in [1.82, 2.24) is 0 Å². The molecule has 2 rings (SSSR count). The van der Waals surface area contributed by atoms with E-state index in [4.69, 9.17) is 5.73 Å². The van der Waals surface area contributed by atoms with Crippen molar-refractivity contribution in [2.24, 2.45) is 5.73 Å². The topological polar surface area (TPSA) is 49.6 Å². The van der Waals surface area contributed by atoms with Gasteiger partial charge in [0.25, 0.3) is 0 Å². The van der Waals surface area contributed by atoms with Crippen LogP contribution in [0.4, 0.5) is 11.4 Å². The number of amides is 1. The Labute approximate surface area is 101 Å². The van der Waals surface area contributed by atoms with Crippen LogP contribution in [0, 0.1) is 0 Å². The van der Waals surface area contributed by atoms with Crippen molar-refractivity contribution in [3.63, 3.8) is 0 Å². The Hall–Kier alpha value is -1.26. The van der Waals surface area contributed by atoms with Crippen molar-refractivity contribution in [3.05, 3.63) is 24.3 Å². The van der Waals surface area contributed by atoms with Crippen LogP contribution in [-0.4, -0.2) is 32.6 Å². The molecule has 0 radical (unpaired) electrons. The predicted octanol–water partition coefficient (Wildman–Crippen LogP) is 0.848. The maximum atomic E-state index is 11.8. The second kappa shape index (κ2) is 4.72. The molecular formula is C11H16ClN3O. The summed E-state index contributed by atoms with van der Waals surface area (Å²) in [5, 5.41) is 0. The number of nitrogens with zero attached hydrogens (tertiary/aromatic N) is 2. The van der Waals surface area contributed by atoms with Crippen LogP contribution in [0.3, 0.4) is 0 Å². The lowest BCUT2D eigenvalue weighted by Crippen LogP contribution is -2.45. The van der Waals surface area contributed by atoms with Crippen LogP contribution < -0.4 is 15.5 Å². The lowest BCUT2D eigenvalue weighted by atomic mass is 10.2. The fourth-order valence-corrected chi connectivity index (χ4v) is 1.91. The zero-order chi connectivity index (χ0) is 11.0. The van der Waals surface area contributed by atoms with Crippen LogP contribution in [-0.2, 0) is 4.79 Å². The summed E-state index contributed by atoms with van der Waals surface area (Å²) < 4.78 is 0. The second-order valence-corrected chi connectivity index (χ2v) is 3.87. The SMILES string of the molecule is CN1C[C@H](N)C(=O)N(C)c2ccccc21.Cl. The highest BCUT2D eigenvalue weighted by Gasteiger charge is 2.27. The first-order valence-electron chi connectivity index (χ1n) is 4.94. The van der Waals surface area contributed by atoms with E-state index in [-0.39, 0.29) is 18.3 Å². The third-order valence-corrected chi connectivity index (χ3v) is 2.77. The lowest BCUT2D eigenvalue weighted by Gasteiger charge is -2.20. The summed E-state index contributed by atoms with van der Waals surface area (Å²) in [6, 6.07) is 7.36. The first-order valence-corrected chi connectivity index (χ1v) is 4.94. The lowest BCUT2D eigenvalue weighted by molar-refractivity contribution is -0.119. The summed E-state index contributed by atoms with van der Waals surface area (Å²) in [6.07, 6.45) is 0. The molecule has 0 aromatic heterocycles. The highest BCUT2D eigenvalue weighted by molar-refractivity contribution is 6.01. The number of carbonyl (C=O) groups is 1. The van der Waals surface area contributed by atoms with E-state index in [9.17, 15) is 4.79 Å². The minimum atomic E-state index is -0.451. The minimum absolute atomic E-state index is 0. The normalized spacial score (nSPS) is 19.9. The molecule has 0 bridgehead atoms. The monoisotopic (exact) mass is 241 g/mol. The molecule has 5 heteroatoms. The number of para-hydroxylation sites is 2. The van der Waals surface area contributed by atoms with Gasteiger partial charge >= 0.3 is 0 Å². The molecule has 0 spiro atoms. The predicted molar refractivity (Wildman–Crippen MR) is 68.3 cm³/mol. The molecule has 0 fully saturated rings. The number of hydrogen-bond acceptors (Lipinski definition) is 3. The van der Waals surface area contributed by atoms with E-state index in [2.05, 4.69) is 0 Å². The summed E-state index contributed by atoms with van der Waals surface area (Å²) in [5.41, 5.74) is 7.76. The second-order valence-electron chi connectivity index (χ2n) is 3.87. The molecule has 1 aromatic rings. The van der Waals surface area contributed by atoms with Crippen molar-refractivity contribution in [2.75, 3.05) is 30.4 Å². The van der Waals surface area contributed by atoms with Crippen LogP contribution in [0.1, 0.15) is 0 Å². The first-order chi connectivity index (χ1) is 7.11. The maximum Gasteiger partial charge on any atom is 0.245 e. The third-order valence-electron chi connectivity index (χ3n) is 2.77. The fourth-order valence-electron chi connectivity index (χ4n) is 1.91. The number of halogens is 1. The van der Waals surface area contributed by atoms with Crippen molar-refractivity contribution in [2.45, 2.75) is 6.04 Å². The Morgan fingerprint density at radius 1 is 1.25 bits per heavy atom. The van der Waals surface area contributed by atoms with Gasteiger partial charge in [0.15, 0.2) is 0 Å². The van der Waals surface area contributed by atoms with E-state index in [1.165, 1.54) is 0 Å². The number of hydrogen-bond donors (Lipinski definition) is 1. The van der Waals surface area contributed by atoms with Crippen LogP contribution in [0.15, 0.2) is 24.3 Å². The molecule has 88 valence electrons. The number of benzene rings is 1. The molecule has 0 saturated carbocycles. The molecule has 1 aliphatic heterocycles. The average molecular weight is 242 g/mol. The summed E-state index contributed by atoms with van der Waals surface area (Å²) in [5.74, 6) is -0.0354. The quantitative estimate of drug-likeness (QED) is 0.733. The molecule has 1 amide bonds. The van der Waals surface area contributed by atoms with Gasteiger partial charge in [-0.05, 0) is 12.1 Å². The minimum Gasteiger partial charge on any atom is -0.371 e. The van der Waals surface area contributed by atoms with E-state index in [1.807, 2.05) is 36.2 Å². The third kappa shape index (κ3) is 1.99. The standard InChI is InChI=1S/C11H15N3O.ClH/c1-13-7-8(12)11(15)14(2)10-6-4-3-5-9(10)13;/h3-6,8H,7,12H2,1-2H3;1H/t8-;/m0./s1. The van der Waals surface area contributed by atoms with Gasteiger partial charge in [0.05, 0.1) is 11.4 Å². The molecule has 1 aliphatic rings. The molecule has 1 heterocycles. The van der Waals surface area contributed by atoms with E-state index in [0.717, 1.165) is 11.4 Å². The number of nitrogens with two attached hydrogens (primary N) is 1. The van der Waals surface area contributed by atoms with Gasteiger partial charge in [-0.2, -0.15) is 0 Å². The smallest absolute Gasteiger partial charge is 0.245 e. The van der Waals surface area contributed by atoms with Crippen LogP contribution in [0.25, 0.3) is 0 Å². The van der Waals surface area contributed by atoms with Gasteiger partial charge in [-0.25, -0.2) is 0 Å². The van der Waals surface area contributed by atoms with Gasteiger partial charge < -0.3 is 15.5 Å². The molecule has 1 aromatic carbocycles. The molecule has 0 aliphatic carbocycles. The summed E-state index contributed by atoms with van der Waals surface area (Å²) >= 11 is 0. The molecular weight excluding hydrogens is 226 g/mol. The molecule has 2 N–H and O–H groups in total. The van der Waals surface area contributed by atoms with Gasteiger partial charge in [0.2, 0.25) is 5.91 Å². The van der Waals surface area contributed by atoms with E-state index in [0.29, 0.717) is 6.54 Å². The van der Waals surface area contributed by atoms with Gasteiger partial charge in [0.1, 0.15) is 6.04 Å². The van der Waals surface area contributed by atoms with E-state index >= 15 is 0 Å². The van der Waals surface area contributed by atoms with Gasteiger partial charge in [-0.1, -0.05) is 12.1 Å². The largest absolute Gasteiger partial charge is 0.371 e. The van der Waals surface area contributed by atoms with E-state index < -0.39 is 6.04 Å². The molecule has 16 heavy (non-hydrogen) atoms. The number of anilines is 2. The highest BCUT2D eigenvalue weighted by Crippen LogP contribution is 2.30. The van der Waals surface area contributed by atoms with Gasteiger partial charge in [-0.15, -0.1) is 12.4 Å². The van der Waals surface area contributed by atoms with Gasteiger partial charge in [-0.3, -0.25) is 4.79 Å². The summed E-state index contributed by atoms with van der Waals surface area (Å²) in [7, 11) is 3.71. The number of rotatable bonds is 0. The Morgan fingerprint density at radius 2 is 1.81 bits per heavy atom. The Bertz CT molecular complexity index is 397. The van der Waals surface area contributed by atoms with Crippen LogP contribution >= 0.6 is 12.4 Å². The van der Waals surface area contributed by atoms with Crippen LogP contribution in [0.2, 0.25) is 0 Å². The Kier molecular flexibility index (Phi) is 3.78.